The highest BCUT2D eigenvalue weighted by molar-refractivity contribution is 7.98. The van der Waals surface area contributed by atoms with Gasteiger partial charge in [-0.3, -0.25) is 4.79 Å². The summed E-state index contributed by atoms with van der Waals surface area (Å²) in [4.78, 5) is 31.4. The Hall–Kier alpha value is -4.41. The van der Waals surface area contributed by atoms with Crippen LogP contribution in [0.15, 0.2) is 109 Å². The summed E-state index contributed by atoms with van der Waals surface area (Å²) >= 11 is 2.67. The quantitative estimate of drug-likeness (QED) is 0.157. The number of nitrogens with zero attached hydrogens (tertiary/aromatic N) is 1. The van der Waals surface area contributed by atoms with Gasteiger partial charge in [-0.05, 0) is 34.4 Å². The lowest BCUT2D eigenvalue weighted by Crippen LogP contribution is -2.43. The van der Waals surface area contributed by atoms with E-state index in [9.17, 15) is 22.8 Å². The first kappa shape index (κ1) is 31.0. The van der Waals surface area contributed by atoms with Crippen LogP contribution in [0, 0.1) is 0 Å². The second-order valence-electron chi connectivity index (χ2n) is 9.77. The first-order valence-electron chi connectivity index (χ1n) is 13.6. The standard InChI is InChI=1S/C34H27F3N2O3S2/c1-42-33(41)28(21-43-20-22-8-4-2-5-9-22)38-31(40)29-30(25-14-12-24(13-15-25)23-10-6-3-7-11-23)44-32(39-29)26-16-18-27(19-17-26)34(35,36)37/h2-19,28H,20-21H2,1H3,(H,38,40). The number of thiazole rings is 1. The summed E-state index contributed by atoms with van der Waals surface area (Å²) in [6, 6.07) is 30.9. The number of hydrogen-bond acceptors (Lipinski definition) is 6. The van der Waals surface area contributed by atoms with E-state index in [2.05, 4.69) is 10.3 Å². The molecule has 44 heavy (non-hydrogen) atoms. The topological polar surface area (TPSA) is 68.3 Å². The Morgan fingerprint density at radius 1 is 0.818 bits per heavy atom. The molecule has 0 saturated carbocycles. The molecule has 0 spiro atoms. The van der Waals surface area contributed by atoms with Gasteiger partial charge in [0.25, 0.3) is 5.91 Å². The van der Waals surface area contributed by atoms with Crippen molar-refractivity contribution < 1.29 is 27.5 Å². The summed E-state index contributed by atoms with van der Waals surface area (Å²) < 4.78 is 44.5. The van der Waals surface area contributed by atoms with Crippen molar-refractivity contribution in [1.29, 1.82) is 0 Å². The molecule has 5 rings (SSSR count). The molecule has 4 aromatic carbocycles. The molecule has 5 aromatic rings. The summed E-state index contributed by atoms with van der Waals surface area (Å²) in [5.74, 6) is -0.273. The number of esters is 1. The van der Waals surface area contributed by atoms with E-state index in [1.54, 1.807) is 0 Å². The van der Waals surface area contributed by atoms with E-state index in [-0.39, 0.29) is 11.4 Å². The van der Waals surface area contributed by atoms with Crippen molar-refractivity contribution in [3.05, 3.63) is 126 Å². The van der Waals surface area contributed by atoms with E-state index in [1.165, 1.54) is 42.3 Å². The van der Waals surface area contributed by atoms with E-state index in [1.807, 2.05) is 84.9 Å². The van der Waals surface area contributed by atoms with Crippen LogP contribution in [0.3, 0.4) is 0 Å². The van der Waals surface area contributed by atoms with Gasteiger partial charge in [0.15, 0.2) is 0 Å². The molecule has 0 bridgehead atoms. The lowest BCUT2D eigenvalue weighted by atomic mass is 10.0. The second kappa shape index (κ2) is 13.9. The highest BCUT2D eigenvalue weighted by atomic mass is 32.2. The maximum atomic E-state index is 13.7. The van der Waals surface area contributed by atoms with Gasteiger partial charge in [0.2, 0.25) is 0 Å². The van der Waals surface area contributed by atoms with Gasteiger partial charge >= 0.3 is 12.1 Å². The largest absolute Gasteiger partial charge is 0.467 e. The molecule has 1 unspecified atom stereocenters. The average molecular weight is 633 g/mol. The van der Waals surface area contributed by atoms with Gasteiger partial charge in [0.1, 0.15) is 16.7 Å². The monoisotopic (exact) mass is 632 g/mol. The molecular weight excluding hydrogens is 606 g/mol. The van der Waals surface area contributed by atoms with Crippen LogP contribution in [-0.4, -0.2) is 35.8 Å². The molecule has 0 aliphatic heterocycles. The molecule has 0 fully saturated rings. The number of amides is 1. The maximum absolute atomic E-state index is 13.7. The van der Waals surface area contributed by atoms with Crippen LogP contribution >= 0.6 is 23.1 Å². The number of rotatable bonds is 10. The molecule has 0 aliphatic rings. The number of ether oxygens (including phenoxy) is 1. The molecule has 0 radical (unpaired) electrons. The Labute approximate surface area is 261 Å². The number of nitrogens with one attached hydrogen (secondary N) is 1. The Balaban J connectivity index is 1.45. The minimum absolute atomic E-state index is 0.0688. The van der Waals surface area contributed by atoms with Crippen LogP contribution in [0.4, 0.5) is 13.2 Å². The predicted molar refractivity (Wildman–Crippen MR) is 169 cm³/mol. The van der Waals surface area contributed by atoms with E-state index < -0.39 is 29.7 Å². The van der Waals surface area contributed by atoms with Crippen LogP contribution in [0.1, 0.15) is 21.6 Å². The Kier molecular flexibility index (Phi) is 9.82. The number of carbonyl (C=O) groups excluding carboxylic acids is 2. The van der Waals surface area contributed by atoms with Gasteiger partial charge in [-0.25, -0.2) is 9.78 Å². The molecule has 224 valence electrons. The Morgan fingerprint density at radius 3 is 2.00 bits per heavy atom. The minimum atomic E-state index is -4.47. The zero-order valence-electron chi connectivity index (χ0n) is 23.5. The zero-order chi connectivity index (χ0) is 31.1. The van der Waals surface area contributed by atoms with Crippen molar-refractivity contribution in [2.24, 2.45) is 0 Å². The lowest BCUT2D eigenvalue weighted by molar-refractivity contribution is -0.142. The summed E-state index contributed by atoms with van der Waals surface area (Å²) in [5, 5.41) is 3.15. The van der Waals surface area contributed by atoms with Crippen molar-refractivity contribution in [2.75, 3.05) is 12.9 Å². The van der Waals surface area contributed by atoms with Crippen LogP contribution in [0.25, 0.3) is 32.1 Å². The number of carbonyl (C=O) groups is 2. The summed E-state index contributed by atoms with van der Waals surface area (Å²) in [6.45, 7) is 0. The summed E-state index contributed by atoms with van der Waals surface area (Å²) in [7, 11) is 1.26. The van der Waals surface area contributed by atoms with Gasteiger partial charge in [-0.1, -0.05) is 97.1 Å². The first-order valence-corrected chi connectivity index (χ1v) is 15.5. The average Bonchev–Trinajstić information content (AvgIpc) is 3.50. The number of benzene rings is 4. The third-order valence-electron chi connectivity index (χ3n) is 6.74. The Bertz CT molecular complexity index is 1710. The highest BCUT2D eigenvalue weighted by Crippen LogP contribution is 2.38. The van der Waals surface area contributed by atoms with Crippen molar-refractivity contribution >= 4 is 35.0 Å². The number of hydrogen-bond donors (Lipinski definition) is 1. The molecule has 0 aliphatic carbocycles. The lowest BCUT2D eigenvalue weighted by Gasteiger charge is -2.16. The van der Waals surface area contributed by atoms with Crippen molar-refractivity contribution in [2.45, 2.75) is 18.0 Å². The molecule has 1 amide bonds. The SMILES string of the molecule is COC(=O)C(CSCc1ccccc1)NC(=O)c1nc(-c2ccc(C(F)(F)F)cc2)sc1-c1ccc(-c2ccccc2)cc1. The second-order valence-corrected chi connectivity index (χ2v) is 11.8. The maximum Gasteiger partial charge on any atom is 0.416 e. The smallest absolute Gasteiger partial charge is 0.416 e. The third-order valence-corrected chi connectivity index (χ3v) is 9.00. The van der Waals surface area contributed by atoms with E-state index in [4.69, 9.17) is 4.74 Å². The van der Waals surface area contributed by atoms with Crippen molar-refractivity contribution in [3.8, 4) is 32.1 Å². The van der Waals surface area contributed by atoms with Gasteiger partial charge < -0.3 is 10.1 Å². The summed E-state index contributed by atoms with van der Waals surface area (Å²) in [5.41, 5.74) is 3.52. The molecular formula is C34H27F3N2O3S2. The number of alkyl halides is 3. The van der Waals surface area contributed by atoms with Crippen molar-refractivity contribution in [3.63, 3.8) is 0 Å². The van der Waals surface area contributed by atoms with Crippen molar-refractivity contribution in [1.82, 2.24) is 10.3 Å². The molecule has 1 heterocycles. The van der Waals surface area contributed by atoms with Gasteiger partial charge in [-0.2, -0.15) is 24.9 Å². The fourth-order valence-electron chi connectivity index (χ4n) is 4.45. The molecule has 1 N–H and O–H groups in total. The van der Waals surface area contributed by atoms with Crippen LogP contribution in [0.2, 0.25) is 0 Å². The predicted octanol–water partition coefficient (Wildman–Crippen LogP) is 8.37. The number of aromatic nitrogens is 1. The van der Waals surface area contributed by atoms with Gasteiger partial charge in [0, 0.05) is 17.1 Å². The molecule has 10 heteroatoms. The Morgan fingerprint density at radius 2 is 1.39 bits per heavy atom. The zero-order valence-corrected chi connectivity index (χ0v) is 25.1. The summed E-state index contributed by atoms with van der Waals surface area (Å²) in [6.07, 6.45) is -4.47. The third kappa shape index (κ3) is 7.56. The van der Waals surface area contributed by atoms with Crippen LogP contribution < -0.4 is 5.32 Å². The van der Waals surface area contributed by atoms with E-state index in [0.29, 0.717) is 26.8 Å². The highest BCUT2D eigenvalue weighted by Gasteiger charge is 2.31. The molecule has 0 saturated heterocycles. The molecule has 1 atom stereocenters. The van der Waals surface area contributed by atoms with Crippen LogP contribution in [-0.2, 0) is 21.5 Å². The number of methoxy groups -OCH3 is 1. The fraction of sp³-hybridized carbons (Fsp3) is 0.147. The number of halogens is 3. The first-order chi connectivity index (χ1) is 21.2. The minimum Gasteiger partial charge on any atom is -0.467 e. The van der Waals surface area contributed by atoms with Gasteiger partial charge in [0.05, 0.1) is 17.6 Å². The van der Waals surface area contributed by atoms with E-state index >= 15 is 0 Å². The normalized spacial score (nSPS) is 12.0. The number of thioether (sulfide) groups is 1. The molecule has 1 aromatic heterocycles. The van der Waals surface area contributed by atoms with E-state index in [0.717, 1.165) is 28.8 Å². The molecule has 5 nitrogen and oxygen atoms in total. The fourth-order valence-corrected chi connectivity index (χ4v) is 6.52. The van der Waals surface area contributed by atoms with Crippen LogP contribution in [0.5, 0.6) is 0 Å². The van der Waals surface area contributed by atoms with Gasteiger partial charge in [-0.15, -0.1) is 11.3 Å².